The highest BCUT2D eigenvalue weighted by Crippen LogP contribution is 2.18. The van der Waals surface area contributed by atoms with Crippen LogP contribution in [0.4, 0.5) is 14.9 Å². The van der Waals surface area contributed by atoms with E-state index >= 15 is 0 Å². The fourth-order valence-electron chi connectivity index (χ4n) is 1.18. The number of anilines is 1. The van der Waals surface area contributed by atoms with E-state index in [9.17, 15) is 14.0 Å². The second-order valence-corrected chi connectivity index (χ2v) is 3.03. The Morgan fingerprint density at radius 1 is 1.41 bits per heavy atom. The number of ether oxygens (including phenoxy) is 2. The highest BCUT2D eigenvalue weighted by molar-refractivity contribution is 5.99. The molecule has 0 aliphatic heterocycles. The maximum Gasteiger partial charge on any atom is 0.411 e. The van der Waals surface area contributed by atoms with Gasteiger partial charge in [0, 0.05) is 0 Å². The van der Waals surface area contributed by atoms with Crippen molar-refractivity contribution in [1.29, 1.82) is 0 Å². The monoisotopic (exact) mass is 241 g/mol. The summed E-state index contributed by atoms with van der Waals surface area (Å²) in [6.45, 7) is 1.81. The van der Waals surface area contributed by atoms with Crippen LogP contribution in [0.1, 0.15) is 17.3 Å². The van der Waals surface area contributed by atoms with Crippen molar-refractivity contribution in [3.8, 4) is 0 Å². The average Bonchev–Trinajstić information content (AvgIpc) is 2.28. The minimum absolute atomic E-state index is 0.00954. The van der Waals surface area contributed by atoms with Gasteiger partial charge in [0.05, 0.1) is 25.0 Å². The summed E-state index contributed by atoms with van der Waals surface area (Å²) in [4.78, 5) is 22.5. The Hall–Kier alpha value is -2.11. The van der Waals surface area contributed by atoms with Crippen LogP contribution in [0.25, 0.3) is 0 Å². The molecule has 6 heteroatoms. The first kappa shape index (κ1) is 13.0. The molecule has 0 fully saturated rings. The van der Waals surface area contributed by atoms with Crippen molar-refractivity contribution < 1.29 is 23.5 Å². The van der Waals surface area contributed by atoms with Gasteiger partial charge in [-0.2, -0.15) is 0 Å². The van der Waals surface area contributed by atoms with E-state index in [1.807, 2.05) is 0 Å². The lowest BCUT2D eigenvalue weighted by Gasteiger charge is -2.09. The van der Waals surface area contributed by atoms with Gasteiger partial charge in [0.1, 0.15) is 5.82 Å². The molecule has 5 nitrogen and oxygen atoms in total. The number of amides is 1. The smallest absolute Gasteiger partial charge is 0.411 e. The lowest BCUT2D eigenvalue weighted by molar-refractivity contribution is 0.0602. The molecule has 1 N–H and O–H groups in total. The van der Waals surface area contributed by atoms with Crippen molar-refractivity contribution in [3.05, 3.63) is 29.6 Å². The van der Waals surface area contributed by atoms with Gasteiger partial charge in [-0.3, -0.25) is 5.32 Å². The van der Waals surface area contributed by atoms with E-state index in [0.717, 1.165) is 12.1 Å². The van der Waals surface area contributed by atoms with Crippen molar-refractivity contribution >= 4 is 17.7 Å². The Balaban J connectivity index is 2.99. The Morgan fingerprint density at radius 2 is 2.12 bits per heavy atom. The molecular formula is C11H12FNO4. The molecule has 1 rings (SSSR count). The van der Waals surface area contributed by atoms with E-state index in [4.69, 9.17) is 0 Å². The second-order valence-electron chi connectivity index (χ2n) is 3.03. The number of hydrogen-bond donors (Lipinski definition) is 1. The van der Waals surface area contributed by atoms with Crippen molar-refractivity contribution in [2.24, 2.45) is 0 Å². The predicted molar refractivity (Wildman–Crippen MR) is 58.4 cm³/mol. The molecule has 0 saturated heterocycles. The van der Waals surface area contributed by atoms with Crippen LogP contribution in [0.15, 0.2) is 18.2 Å². The third-order valence-corrected chi connectivity index (χ3v) is 1.90. The largest absolute Gasteiger partial charge is 0.465 e. The van der Waals surface area contributed by atoms with Crippen LogP contribution in [-0.4, -0.2) is 25.8 Å². The Bertz CT molecular complexity index is 433. The number of rotatable bonds is 3. The molecule has 0 radical (unpaired) electrons. The fourth-order valence-corrected chi connectivity index (χ4v) is 1.18. The van der Waals surface area contributed by atoms with Gasteiger partial charge in [-0.15, -0.1) is 0 Å². The van der Waals surface area contributed by atoms with Crippen LogP contribution in [0, 0.1) is 5.82 Å². The van der Waals surface area contributed by atoms with Crippen molar-refractivity contribution in [3.63, 3.8) is 0 Å². The normalized spacial score (nSPS) is 9.59. The first-order valence-corrected chi connectivity index (χ1v) is 4.90. The molecule has 0 aliphatic carbocycles. The van der Waals surface area contributed by atoms with E-state index in [1.54, 1.807) is 6.92 Å². The maximum atomic E-state index is 13.0. The standard InChI is InChI=1S/C11H12FNO4/c1-3-17-11(15)13-9-6-7(12)4-5-8(9)10(14)16-2/h4-6H,3H2,1-2H3,(H,13,15). The molecule has 0 heterocycles. The zero-order chi connectivity index (χ0) is 12.8. The summed E-state index contributed by atoms with van der Waals surface area (Å²) in [6.07, 6.45) is -0.761. The molecule has 17 heavy (non-hydrogen) atoms. The quantitative estimate of drug-likeness (QED) is 0.824. The number of nitrogens with one attached hydrogen (secondary N) is 1. The molecule has 0 saturated carbocycles. The molecule has 0 unspecified atom stereocenters. The van der Waals surface area contributed by atoms with Gasteiger partial charge in [0.25, 0.3) is 0 Å². The van der Waals surface area contributed by atoms with Gasteiger partial charge in [-0.25, -0.2) is 14.0 Å². The number of carbonyl (C=O) groups is 2. The van der Waals surface area contributed by atoms with Crippen LogP contribution in [0.5, 0.6) is 0 Å². The van der Waals surface area contributed by atoms with Gasteiger partial charge in [0.2, 0.25) is 0 Å². The first-order chi connectivity index (χ1) is 8.08. The number of methoxy groups -OCH3 is 1. The molecule has 1 amide bonds. The number of halogens is 1. The molecule has 0 spiro atoms. The Morgan fingerprint density at radius 3 is 2.71 bits per heavy atom. The maximum absolute atomic E-state index is 13.0. The van der Waals surface area contributed by atoms with Gasteiger partial charge >= 0.3 is 12.1 Å². The Labute approximate surface area is 97.5 Å². The van der Waals surface area contributed by atoms with E-state index < -0.39 is 17.9 Å². The molecule has 0 aromatic heterocycles. The van der Waals surface area contributed by atoms with Crippen LogP contribution in [0.2, 0.25) is 0 Å². The molecular weight excluding hydrogens is 229 g/mol. The number of carbonyl (C=O) groups excluding carboxylic acids is 2. The third-order valence-electron chi connectivity index (χ3n) is 1.90. The predicted octanol–water partition coefficient (Wildman–Crippen LogP) is 2.18. The first-order valence-electron chi connectivity index (χ1n) is 4.90. The molecule has 1 aromatic rings. The summed E-state index contributed by atoms with van der Waals surface area (Å²) in [6, 6.07) is 3.34. The number of benzene rings is 1. The fraction of sp³-hybridized carbons (Fsp3) is 0.273. The molecule has 1 aromatic carbocycles. The molecule has 0 aliphatic rings. The van der Waals surface area contributed by atoms with Gasteiger partial charge < -0.3 is 9.47 Å². The van der Waals surface area contributed by atoms with Crippen LogP contribution < -0.4 is 5.32 Å². The lowest BCUT2D eigenvalue weighted by atomic mass is 10.2. The van der Waals surface area contributed by atoms with E-state index in [1.165, 1.54) is 13.2 Å². The minimum Gasteiger partial charge on any atom is -0.465 e. The molecule has 0 bridgehead atoms. The zero-order valence-electron chi connectivity index (χ0n) is 9.45. The summed E-state index contributed by atoms with van der Waals surface area (Å²) in [5, 5.41) is 2.27. The van der Waals surface area contributed by atoms with Crippen molar-refractivity contribution in [1.82, 2.24) is 0 Å². The van der Waals surface area contributed by atoms with Crippen LogP contribution in [0.3, 0.4) is 0 Å². The Kier molecular flexibility index (Phi) is 4.45. The zero-order valence-corrected chi connectivity index (χ0v) is 9.45. The lowest BCUT2D eigenvalue weighted by Crippen LogP contribution is -2.16. The van der Waals surface area contributed by atoms with Crippen molar-refractivity contribution in [2.45, 2.75) is 6.92 Å². The van der Waals surface area contributed by atoms with Crippen LogP contribution in [-0.2, 0) is 9.47 Å². The highest BCUT2D eigenvalue weighted by Gasteiger charge is 2.15. The minimum atomic E-state index is -0.761. The number of esters is 1. The summed E-state index contributed by atoms with van der Waals surface area (Å²) in [5.41, 5.74) is 0.0669. The average molecular weight is 241 g/mol. The summed E-state index contributed by atoms with van der Waals surface area (Å²) < 4.78 is 22.1. The topological polar surface area (TPSA) is 64.6 Å². The summed E-state index contributed by atoms with van der Waals surface area (Å²) in [5.74, 6) is -1.25. The third kappa shape index (κ3) is 3.44. The highest BCUT2D eigenvalue weighted by atomic mass is 19.1. The second kappa shape index (κ2) is 5.83. The van der Waals surface area contributed by atoms with Gasteiger partial charge in [0.15, 0.2) is 0 Å². The number of hydrogen-bond acceptors (Lipinski definition) is 4. The van der Waals surface area contributed by atoms with E-state index in [-0.39, 0.29) is 17.9 Å². The SMILES string of the molecule is CCOC(=O)Nc1cc(F)ccc1C(=O)OC. The van der Waals surface area contributed by atoms with E-state index in [0.29, 0.717) is 0 Å². The van der Waals surface area contributed by atoms with Crippen LogP contribution >= 0.6 is 0 Å². The van der Waals surface area contributed by atoms with E-state index in [2.05, 4.69) is 14.8 Å². The summed E-state index contributed by atoms with van der Waals surface area (Å²) >= 11 is 0. The van der Waals surface area contributed by atoms with Crippen molar-refractivity contribution in [2.75, 3.05) is 19.0 Å². The molecule has 0 atom stereocenters. The van der Waals surface area contributed by atoms with Gasteiger partial charge in [-0.05, 0) is 25.1 Å². The van der Waals surface area contributed by atoms with Gasteiger partial charge in [-0.1, -0.05) is 0 Å². The summed E-state index contributed by atoms with van der Waals surface area (Å²) in [7, 11) is 1.19. The molecule has 92 valence electrons.